The Labute approximate surface area is 92.5 Å². The fourth-order valence-corrected chi connectivity index (χ4v) is 1.13. The predicted molar refractivity (Wildman–Crippen MR) is 56.9 cm³/mol. The average molecular weight is 230 g/mol. The summed E-state index contributed by atoms with van der Waals surface area (Å²) in [5.41, 5.74) is 1.83. The van der Waals surface area contributed by atoms with Crippen molar-refractivity contribution in [2.75, 3.05) is 6.61 Å². The Kier molecular flexibility index (Phi) is 4.55. The van der Waals surface area contributed by atoms with Crippen LogP contribution in [0.4, 0.5) is 13.2 Å². The number of ether oxygens (including phenoxy) is 1. The van der Waals surface area contributed by atoms with Crippen molar-refractivity contribution in [1.29, 1.82) is 0 Å². The summed E-state index contributed by atoms with van der Waals surface area (Å²) in [7, 11) is 0. The lowest BCUT2D eigenvalue weighted by atomic mass is 10.1. The summed E-state index contributed by atoms with van der Waals surface area (Å²) >= 11 is 0. The predicted octanol–water partition coefficient (Wildman–Crippen LogP) is 3.80. The zero-order valence-electron chi connectivity index (χ0n) is 8.76. The van der Waals surface area contributed by atoms with Gasteiger partial charge in [-0.25, -0.2) is 0 Å². The molecule has 0 unspecified atom stereocenters. The molecule has 0 aliphatic carbocycles. The lowest BCUT2D eigenvalue weighted by molar-refractivity contribution is -0.146. The van der Waals surface area contributed by atoms with Crippen molar-refractivity contribution in [2.24, 2.45) is 0 Å². The maximum Gasteiger partial charge on any atom is 0.391 e. The lowest BCUT2D eigenvalue weighted by Crippen LogP contribution is -2.11. The Morgan fingerprint density at radius 1 is 1.19 bits per heavy atom. The van der Waals surface area contributed by atoms with Gasteiger partial charge in [-0.3, -0.25) is 0 Å². The van der Waals surface area contributed by atoms with Crippen LogP contribution in [0.3, 0.4) is 0 Å². The number of hydrogen-bond acceptors (Lipinski definition) is 1. The first-order valence-electron chi connectivity index (χ1n) is 4.87. The largest absolute Gasteiger partial charge is 0.391 e. The number of rotatable bonds is 5. The van der Waals surface area contributed by atoms with Gasteiger partial charge in [0.15, 0.2) is 0 Å². The van der Waals surface area contributed by atoms with E-state index in [2.05, 4.69) is 6.58 Å². The van der Waals surface area contributed by atoms with Gasteiger partial charge in [-0.15, -0.1) is 0 Å². The Balaban J connectivity index is 2.29. The van der Waals surface area contributed by atoms with Gasteiger partial charge >= 0.3 is 6.18 Å². The van der Waals surface area contributed by atoms with Gasteiger partial charge in [0.2, 0.25) is 0 Å². The van der Waals surface area contributed by atoms with Gasteiger partial charge in [-0.1, -0.05) is 36.9 Å². The first-order chi connectivity index (χ1) is 7.51. The van der Waals surface area contributed by atoms with E-state index in [0.29, 0.717) is 0 Å². The molecule has 0 saturated heterocycles. The summed E-state index contributed by atoms with van der Waals surface area (Å²) in [4.78, 5) is 0. The highest BCUT2D eigenvalue weighted by atomic mass is 19.4. The van der Waals surface area contributed by atoms with Gasteiger partial charge in [0.25, 0.3) is 0 Å². The standard InChI is InChI=1S/C12H13F3O/c1-2-10-3-5-11(6-4-10)9-16-8-7-12(13,14)15/h2-6H,1,7-9H2. The van der Waals surface area contributed by atoms with E-state index in [1.54, 1.807) is 6.08 Å². The highest BCUT2D eigenvalue weighted by Crippen LogP contribution is 2.19. The molecular formula is C12H13F3O. The van der Waals surface area contributed by atoms with Crippen LogP contribution in [0.25, 0.3) is 6.08 Å². The minimum Gasteiger partial charge on any atom is -0.376 e. The molecule has 0 atom stereocenters. The van der Waals surface area contributed by atoms with Crippen LogP contribution >= 0.6 is 0 Å². The van der Waals surface area contributed by atoms with Gasteiger partial charge in [-0.05, 0) is 11.1 Å². The minimum absolute atomic E-state index is 0.202. The molecule has 1 rings (SSSR count). The number of halogens is 3. The molecule has 0 bridgehead atoms. The Morgan fingerprint density at radius 3 is 2.31 bits per heavy atom. The van der Waals surface area contributed by atoms with Crippen LogP contribution in [0.15, 0.2) is 30.8 Å². The highest BCUT2D eigenvalue weighted by molar-refractivity contribution is 5.47. The molecule has 0 aliphatic rings. The molecule has 0 N–H and O–H groups in total. The summed E-state index contributed by atoms with van der Waals surface area (Å²) in [6.45, 7) is 3.51. The summed E-state index contributed by atoms with van der Waals surface area (Å²) < 4.78 is 40.3. The fraction of sp³-hybridized carbons (Fsp3) is 0.333. The molecule has 4 heteroatoms. The van der Waals surface area contributed by atoms with Crippen LogP contribution in [0, 0.1) is 0 Å². The summed E-state index contributed by atoms with van der Waals surface area (Å²) in [6, 6.07) is 7.31. The third-order valence-electron chi connectivity index (χ3n) is 2.01. The first kappa shape index (κ1) is 12.8. The van der Waals surface area contributed by atoms with Crippen LogP contribution in [0.2, 0.25) is 0 Å². The molecule has 0 amide bonds. The Hall–Kier alpha value is -1.29. The normalized spacial score (nSPS) is 11.4. The number of benzene rings is 1. The third-order valence-corrected chi connectivity index (χ3v) is 2.01. The van der Waals surface area contributed by atoms with E-state index in [9.17, 15) is 13.2 Å². The van der Waals surface area contributed by atoms with E-state index in [4.69, 9.17) is 4.74 Å². The van der Waals surface area contributed by atoms with Crippen molar-refractivity contribution in [3.63, 3.8) is 0 Å². The number of alkyl halides is 3. The van der Waals surface area contributed by atoms with E-state index in [-0.39, 0.29) is 13.2 Å². The third kappa shape index (κ3) is 4.98. The van der Waals surface area contributed by atoms with Crippen LogP contribution in [0.5, 0.6) is 0 Å². The molecule has 0 radical (unpaired) electrons. The summed E-state index contributed by atoms with van der Waals surface area (Å²) in [5.74, 6) is 0. The van der Waals surface area contributed by atoms with Gasteiger partial charge in [-0.2, -0.15) is 13.2 Å². The van der Waals surface area contributed by atoms with Crippen molar-refractivity contribution >= 4 is 6.08 Å². The van der Waals surface area contributed by atoms with Crippen LogP contribution in [0.1, 0.15) is 17.5 Å². The molecule has 0 aliphatic heterocycles. The summed E-state index contributed by atoms with van der Waals surface area (Å²) in [5, 5.41) is 0. The molecule has 16 heavy (non-hydrogen) atoms. The van der Waals surface area contributed by atoms with Gasteiger partial charge < -0.3 is 4.74 Å². The van der Waals surface area contributed by atoms with Crippen LogP contribution < -0.4 is 0 Å². The molecule has 0 spiro atoms. The van der Waals surface area contributed by atoms with Crippen LogP contribution in [-0.2, 0) is 11.3 Å². The average Bonchev–Trinajstić information content (AvgIpc) is 2.24. The Bertz CT molecular complexity index is 327. The smallest absolute Gasteiger partial charge is 0.376 e. The minimum atomic E-state index is -4.15. The molecule has 1 nitrogen and oxygen atoms in total. The molecule has 1 aromatic rings. The van der Waals surface area contributed by atoms with E-state index < -0.39 is 12.6 Å². The first-order valence-corrected chi connectivity index (χ1v) is 4.87. The monoisotopic (exact) mass is 230 g/mol. The molecular weight excluding hydrogens is 217 g/mol. The van der Waals surface area contributed by atoms with E-state index in [1.807, 2.05) is 24.3 Å². The van der Waals surface area contributed by atoms with E-state index in [1.165, 1.54) is 0 Å². The Morgan fingerprint density at radius 2 is 1.81 bits per heavy atom. The zero-order valence-corrected chi connectivity index (χ0v) is 8.76. The topological polar surface area (TPSA) is 9.23 Å². The maximum atomic E-state index is 11.8. The fourth-order valence-electron chi connectivity index (χ4n) is 1.13. The molecule has 1 aromatic carbocycles. The SMILES string of the molecule is C=Cc1ccc(COCCC(F)(F)F)cc1. The molecule has 0 heterocycles. The molecule has 0 fully saturated rings. The van der Waals surface area contributed by atoms with Crippen molar-refractivity contribution in [1.82, 2.24) is 0 Å². The molecule has 0 aromatic heterocycles. The quantitative estimate of drug-likeness (QED) is 0.699. The van der Waals surface area contributed by atoms with Crippen molar-refractivity contribution in [3.05, 3.63) is 42.0 Å². The highest BCUT2D eigenvalue weighted by Gasteiger charge is 2.26. The molecule has 0 saturated carbocycles. The van der Waals surface area contributed by atoms with Crippen molar-refractivity contribution in [2.45, 2.75) is 19.2 Å². The van der Waals surface area contributed by atoms with Crippen LogP contribution in [-0.4, -0.2) is 12.8 Å². The van der Waals surface area contributed by atoms with Gasteiger partial charge in [0.05, 0.1) is 19.6 Å². The van der Waals surface area contributed by atoms with E-state index in [0.717, 1.165) is 11.1 Å². The second-order valence-electron chi connectivity index (χ2n) is 3.36. The number of hydrogen-bond donors (Lipinski definition) is 0. The maximum absolute atomic E-state index is 11.8. The lowest BCUT2D eigenvalue weighted by Gasteiger charge is -2.07. The van der Waals surface area contributed by atoms with Crippen molar-refractivity contribution < 1.29 is 17.9 Å². The summed E-state index contributed by atoms with van der Waals surface area (Å²) in [6.07, 6.45) is -3.35. The zero-order chi connectivity index (χ0) is 12.0. The van der Waals surface area contributed by atoms with Crippen molar-refractivity contribution in [3.8, 4) is 0 Å². The second kappa shape index (κ2) is 5.70. The van der Waals surface area contributed by atoms with Gasteiger partial charge in [0, 0.05) is 0 Å². The van der Waals surface area contributed by atoms with Gasteiger partial charge in [0.1, 0.15) is 0 Å². The molecule has 88 valence electrons. The second-order valence-corrected chi connectivity index (χ2v) is 3.36. The van der Waals surface area contributed by atoms with E-state index >= 15 is 0 Å².